The zero-order chi connectivity index (χ0) is 19.6. The molecule has 1 saturated heterocycles. The second kappa shape index (κ2) is 10.7. The number of guanidine groups is 1. The maximum atomic E-state index is 11.2. The Morgan fingerprint density at radius 2 is 2.15 bits per heavy atom. The first-order chi connectivity index (χ1) is 13.1. The van der Waals surface area contributed by atoms with E-state index in [4.69, 9.17) is 10.7 Å². The van der Waals surface area contributed by atoms with Crippen molar-refractivity contribution in [3.63, 3.8) is 0 Å². The molecule has 150 valence electrons. The minimum Gasteiger partial charge on any atom is -0.370 e. The summed E-state index contributed by atoms with van der Waals surface area (Å²) in [4.78, 5) is 25.1. The smallest absolute Gasteiger partial charge is 0.217 e. The number of hydrogen-bond acceptors (Lipinski definition) is 4. The Labute approximate surface area is 163 Å². The number of aromatic nitrogens is 1. The number of hydrogen-bond donors (Lipinski definition) is 2. The Morgan fingerprint density at radius 1 is 1.37 bits per heavy atom. The summed E-state index contributed by atoms with van der Waals surface area (Å²) in [6, 6.07) is 4.16. The summed E-state index contributed by atoms with van der Waals surface area (Å²) >= 11 is 0. The van der Waals surface area contributed by atoms with Crippen LogP contribution in [0.5, 0.6) is 0 Å². The number of nitrogens with zero attached hydrogens (tertiary/aromatic N) is 4. The van der Waals surface area contributed by atoms with Crippen molar-refractivity contribution in [2.75, 3.05) is 37.6 Å². The molecule has 1 amide bonds. The van der Waals surface area contributed by atoms with Crippen LogP contribution >= 0.6 is 0 Å². The van der Waals surface area contributed by atoms with E-state index in [1.54, 1.807) is 0 Å². The molecule has 1 atom stereocenters. The first-order valence-corrected chi connectivity index (χ1v) is 10.1. The predicted molar refractivity (Wildman–Crippen MR) is 111 cm³/mol. The Hall–Kier alpha value is -2.31. The second-order valence-electron chi connectivity index (χ2n) is 6.99. The molecule has 0 saturated carbocycles. The van der Waals surface area contributed by atoms with E-state index >= 15 is 0 Å². The molecule has 0 aromatic carbocycles. The van der Waals surface area contributed by atoms with Crippen molar-refractivity contribution >= 4 is 17.7 Å². The van der Waals surface area contributed by atoms with Crippen molar-refractivity contribution < 1.29 is 4.79 Å². The molecule has 2 rings (SSSR count). The normalized spacial score (nSPS) is 17.7. The number of primary amides is 1. The fourth-order valence-corrected chi connectivity index (χ4v) is 3.55. The molecule has 3 N–H and O–H groups in total. The molecule has 0 bridgehead atoms. The van der Waals surface area contributed by atoms with E-state index in [-0.39, 0.29) is 5.91 Å². The van der Waals surface area contributed by atoms with E-state index in [2.05, 4.69) is 53.0 Å². The SMILES string of the molecule is CCNC(=NCc1ccc(N(CC)CC)nc1)N1CCCC(CC(N)=O)C1. The number of rotatable bonds is 8. The van der Waals surface area contributed by atoms with Crippen LogP contribution in [0.1, 0.15) is 45.6 Å². The highest BCUT2D eigenvalue weighted by molar-refractivity contribution is 5.80. The van der Waals surface area contributed by atoms with E-state index in [0.717, 1.165) is 62.9 Å². The molecule has 1 unspecified atom stereocenters. The fourth-order valence-electron chi connectivity index (χ4n) is 3.55. The van der Waals surface area contributed by atoms with Crippen LogP contribution in [0.2, 0.25) is 0 Å². The highest BCUT2D eigenvalue weighted by atomic mass is 16.1. The number of pyridine rings is 1. The van der Waals surface area contributed by atoms with E-state index < -0.39 is 0 Å². The molecule has 2 heterocycles. The van der Waals surface area contributed by atoms with Gasteiger partial charge < -0.3 is 20.9 Å². The summed E-state index contributed by atoms with van der Waals surface area (Å²) in [6.07, 6.45) is 4.47. The maximum Gasteiger partial charge on any atom is 0.217 e. The van der Waals surface area contributed by atoms with Gasteiger partial charge in [-0.2, -0.15) is 0 Å². The van der Waals surface area contributed by atoms with Crippen LogP contribution < -0.4 is 16.0 Å². The average Bonchev–Trinajstić information content (AvgIpc) is 2.67. The number of aliphatic imine (C=N–C) groups is 1. The lowest BCUT2D eigenvalue weighted by molar-refractivity contribution is -0.119. The number of piperidine rings is 1. The first kappa shape index (κ1) is 21.0. The second-order valence-corrected chi connectivity index (χ2v) is 6.99. The topological polar surface area (TPSA) is 86.8 Å². The summed E-state index contributed by atoms with van der Waals surface area (Å²) < 4.78 is 0. The lowest BCUT2D eigenvalue weighted by atomic mass is 9.95. The van der Waals surface area contributed by atoms with Gasteiger partial charge in [-0.15, -0.1) is 0 Å². The van der Waals surface area contributed by atoms with E-state index in [0.29, 0.717) is 18.9 Å². The molecule has 1 aliphatic heterocycles. The molecular weight excluding hydrogens is 340 g/mol. The number of nitrogens with two attached hydrogens (primary N) is 1. The monoisotopic (exact) mass is 374 g/mol. The molecule has 0 spiro atoms. The number of anilines is 1. The molecule has 0 radical (unpaired) electrons. The van der Waals surface area contributed by atoms with Gasteiger partial charge in [-0.25, -0.2) is 9.98 Å². The first-order valence-electron chi connectivity index (χ1n) is 10.1. The van der Waals surface area contributed by atoms with E-state index in [9.17, 15) is 4.79 Å². The van der Waals surface area contributed by atoms with Gasteiger partial charge in [-0.1, -0.05) is 6.07 Å². The number of likely N-dealkylation sites (tertiary alicyclic amines) is 1. The third-order valence-electron chi connectivity index (χ3n) is 4.95. The van der Waals surface area contributed by atoms with Crippen LogP contribution in [0.4, 0.5) is 5.82 Å². The van der Waals surface area contributed by atoms with Crippen molar-refractivity contribution in [3.8, 4) is 0 Å². The van der Waals surface area contributed by atoms with Crippen LogP contribution in [-0.2, 0) is 11.3 Å². The summed E-state index contributed by atoms with van der Waals surface area (Å²) in [7, 11) is 0. The van der Waals surface area contributed by atoms with Gasteiger partial charge in [0, 0.05) is 45.3 Å². The molecule has 27 heavy (non-hydrogen) atoms. The van der Waals surface area contributed by atoms with Crippen LogP contribution in [0.3, 0.4) is 0 Å². The van der Waals surface area contributed by atoms with Crippen molar-refractivity contribution in [2.24, 2.45) is 16.6 Å². The van der Waals surface area contributed by atoms with Crippen molar-refractivity contribution in [1.82, 2.24) is 15.2 Å². The number of carbonyl (C=O) groups is 1. The van der Waals surface area contributed by atoms with Gasteiger partial charge in [0.2, 0.25) is 5.91 Å². The Balaban J connectivity index is 2.03. The third kappa shape index (κ3) is 6.41. The molecule has 7 nitrogen and oxygen atoms in total. The fraction of sp³-hybridized carbons (Fsp3) is 0.650. The standard InChI is InChI=1S/C20H34N6O/c1-4-22-20(26-11-7-8-16(15-26)12-18(21)27)24-14-17-9-10-19(23-13-17)25(5-2)6-3/h9-10,13,16H,4-8,11-12,14-15H2,1-3H3,(H2,21,27)(H,22,24). The average molecular weight is 375 g/mol. The van der Waals surface area contributed by atoms with Gasteiger partial charge >= 0.3 is 0 Å². The zero-order valence-corrected chi connectivity index (χ0v) is 16.9. The van der Waals surface area contributed by atoms with Gasteiger partial charge in [0.05, 0.1) is 6.54 Å². The summed E-state index contributed by atoms with van der Waals surface area (Å²) in [5.74, 6) is 2.00. The van der Waals surface area contributed by atoms with E-state index in [1.807, 2.05) is 6.20 Å². The van der Waals surface area contributed by atoms with E-state index in [1.165, 1.54) is 0 Å². The Kier molecular flexibility index (Phi) is 8.36. The van der Waals surface area contributed by atoms with Crippen LogP contribution in [0.25, 0.3) is 0 Å². The maximum absolute atomic E-state index is 11.2. The summed E-state index contributed by atoms with van der Waals surface area (Å²) in [5, 5.41) is 3.38. The number of carbonyl (C=O) groups excluding carboxylic acids is 1. The van der Waals surface area contributed by atoms with Gasteiger partial charge in [-0.3, -0.25) is 4.79 Å². The minimum atomic E-state index is -0.219. The molecule has 1 aromatic heterocycles. The van der Waals surface area contributed by atoms with Crippen LogP contribution in [0.15, 0.2) is 23.3 Å². The van der Waals surface area contributed by atoms with Gasteiger partial charge in [0.15, 0.2) is 5.96 Å². The third-order valence-corrected chi connectivity index (χ3v) is 4.95. The Bertz CT molecular complexity index is 611. The van der Waals surface area contributed by atoms with Crippen molar-refractivity contribution in [2.45, 2.75) is 46.6 Å². The zero-order valence-electron chi connectivity index (χ0n) is 16.9. The molecule has 0 aliphatic carbocycles. The number of amides is 1. The number of nitrogens with one attached hydrogen (secondary N) is 1. The highest BCUT2D eigenvalue weighted by Gasteiger charge is 2.23. The summed E-state index contributed by atoms with van der Waals surface area (Å²) in [5.41, 5.74) is 6.47. The molecule has 7 heteroatoms. The molecule has 1 fully saturated rings. The molecular formula is C20H34N6O. The predicted octanol–water partition coefficient (Wildman–Crippen LogP) is 1.98. The van der Waals surface area contributed by atoms with Gasteiger partial charge in [0.25, 0.3) is 0 Å². The lowest BCUT2D eigenvalue weighted by Gasteiger charge is -2.34. The molecule has 1 aromatic rings. The van der Waals surface area contributed by atoms with Crippen LogP contribution in [0, 0.1) is 5.92 Å². The highest BCUT2D eigenvalue weighted by Crippen LogP contribution is 2.19. The summed E-state index contributed by atoms with van der Waals surface area (Å²) in [6.45, 7) is 11.4. The van der Waals surface area contributed by atoms with Crippen LogP contribution in [-0.4, -0.2) is 54.5 Å². The Morgan fingerprint density at radius 3 is 2.74 bits per heavy atom. The molecule has 1 aliphatic rings. The lowest BCUT2D eigenvalue weighted by Crippen LogP contribution is -2.47. The quantitative estimate of drug-likeness (QED) is 0.537. The largest absolute Gasteiger partial charge is 0.370 e. The van der Waals surface area contributed by atoms with Crippen molar-refractivity contribution in [3.05, 3.63) is 23.9 Å². The van der Waals surface area contributed by atoms with Crippen molar-refractivity contribution in [1.29, 1.82) is 0 Å². The van der Waals surface area contributed by atoms with Gasteiger partial charge in [-0.05, 0) is 51.2 Å². The van der Waals surface area contributed by atoms with Gasteiger partial charge in [0.1, 0.15) is 5.82 Å². The minimum absolute atomic E-state index is 0.219.